The van der Waals surface area contributed by atoms with Gasteiger partial charge in [-0.1, -0.05) is 24.3 Å². The lowest BCUT2D eigenvalue weighted by Gasteiger charge is -2.30. The zero-order valence-corrected chi connectivity index (χ0v) is 11.6. The minimum Gasteiger partial charge on any atom is -0.384 e. The number of nitrogens with one attached hydrogen (secondary N) is 1. The van der Waals surface area contributed by atoms with Crippen molar-refractivity contribution in [2.75, 3.05) is 12.3 Å². The lowest BCUT2D eigenvalue weighted by atomic mass is 9.78. The highest BCUT2D eigenvalue weighted by atomic mass is 32.2. The molecule has 1 atom stereocenters. The fourth-order valence-electron chi connectivity index (χ4n) is 2.43. The first kappa shape index (κ1) is 13.1. The third kappa shape index (κ3) is 2.39. The zero-order valence-electron chi connectivity index (χ0n) is 10.8. The van der Waals surface area contributed by atoms with Gasteiger partial charge in [-0.05, 0) is 23.6 Å². The molecule has 2 aromatic rings. The highest BCUT2D eigenvalue weighted by Gasteiger charge is 2.27. The topological polar surface area (TPSA) is 85.1 Å². The fraction of sp³-hybridized carbons (Fsp3) is 0.214. The molecule has 104 valence electrons. The van der Waals surface area contributed by atoms with Crippen LogP contribution in [-0.4, -0.2) is 19.9 Å². The van der Waals surface area contributed by atoms with Gasteiger partial charge in [-0.15, -0.1) is 0 Å². The average molecular weight is 289 g/mol. The molecule has 1 aromatic carbocycles. The molecule has 0 radical (unpaired) electrons. The smallest absolute Gasteiger partial charge is 0.240 e. The van der Waals surface area contributed by atoms with Crippen molar-refractivity contribution >= 4 is 15.8 Å². The second-order valence-corrected chi connectivity index (χ2v) is 6.64. The molecule has 0 fully saturated rings. The maximum Gasteiger partial charge on any atom is 0.240 e. The zero-order chi connectivity index (χ0) is 14.2. The van der Waals surface area contributed by atoms with Crippen LogP contribution in [0, 0.1) is 0 Å². The van der Waals surface area contributed by atoms with Crippen molar-refractivity contribution in [1.29, 1.82) is 0 Å². The molecule has 1 aromatic heterocycles. The summed E-state index contributed by atoms with van der Waals surface area (Å²) in [6.07, 6.45) is 2.31. The maximum absolute atomic E-state index is 12.1. The van der Waals surface area contributed by atoms with Gasteiger partial charge in [-0.25, -0.2) is 18.1 Å². The van der Waals surface area contributed by atoms with Crippen molar-refractivity contribution in [1.82, 2.24) is 9.71 Å². The summed E-state index contributed by atoms with van der Waals surface area (Å²) >= 11 is 0. The molecule has 5 nitrogen and oxygen atoms in total. The number of anilines is 1. The number of hydrogen-bond donors (Lipinski definition) is 2. The van der Waals surface area contributed by atoms with Gasteiger partial charge in [-0.2, -0.15) is 0 Å². The molecule has 1 heterocycles. The number of rotatable bonds is 4. The van der Waals surface area contributed by atoms with Crippen LogP contribution in [0.1, 0.15) is 17.0 Å². The fourth-order valence-corrected chi connectivity index (χ4v) is 3.54. The van der Waals surface area contributed by atoms with Gasteiger partial charge in [0.1, 0.15) is 5.82 Å². The Bertz CT molecular complexity index is 744. The van der Waals surface area contributed by atoms with Gasteiger partial charge in [0.15, 0.2) is 0 Å². The Labute approximate surface area is 117 Å². The van der Waals surface area contributed by atoms with E-state index in [2.05, 4.69) is 15.8 Å². The Morgan fingerprint density at radius 1 is 1.30 bits per heavy atom. The van der Waals surface area contributed by atoms with Gasteiger partial charge in [0.25, 0.3) is 0 Å². The molecular formula is C14H15N3O2S. The number of nitrogen functional groups attached to an aromatic ring is 1. The normalized spacial score (nSPS) is 17.3. The predicted octanol–water partition coefficient (Wildman–Crippen LogP) is 1.28. The van der Waals surface area contributed by atoms with Crippen molar-refractivity contribution in [2.24, 2.45) is 0 Å². The van der Waals surface area contributed by atoms with E-state index in [1.54, 1.807) is 0 Å². The summed E-state index contributed by atoms with van der Waals surface area (Å²) in [5.41, 5.74) is 8.03. The second kappa shape index (κ2) is 4.88. The van der Waals surface area contributed by atoms with Crippen molar-refractivity contribution < 1.29 is 8.42 Å². The largest absolute Gasteiger partial charge is 0.384 e. The Hall–Kier alpha value is -1.92. The number of pyridine rings is 1. The Morgan fingerprint density at radius 2 is 2.10 bits per heavy atom. The number of sulfonamides is 1. The summed E-state index contributed by atoms with van der Waals surface area (Å²) < 4.78 is 26.9. The molecule has 0 aliphatic heterocycles. The Morgan fingerprint density at radius 3 is 2.85 bits per heavy atom. The molecule has 0 spiro atoms. The first-order valence-electron chi connectivity index (χ1n) is 6.35. The Balaban J connectivity index is 1.70. The van der Waals surface area contributed by atoms with E-state index in [1.807, 2.05) is 18.2 Å². The van der Waals surface area contributed by atoms with E-state index < -0.39 is 10.0 Å². The van der Waals surface area contributed by atoms with Crippen molar-refractivity contribution in [3.05, 3.63) is 53.7 Å². The van der Waals surface area contributed by atoms with Gasteiger partial charge >= 0.3 is 0 Å². The molecule has 0 amide bonds. The van der Waals surface area contributed by atoms with Crippen LogP contribution in [-0.2, 0) is 16.4 Å². The van der Waals surface area contributed by atoms with Gasteiger partial charge in [0.2, 0.25) is 10.0 Å². The second-order valence-electron chi connectivity index (χ2n) is 4.87. The van der Waals surface area contributed by atoms with Crippen molar-refractivity contribution in [3.63, 3.8) is 0 Å². The Kier molecular flexibility index (Phi) is 3.19. The maximum atomic E-state index is 12.1. The molecule has 0 saturated heterocycles. The number of nitrogens with zero attached hydrogens (tertiary/aromatic N) is 1. The number of fused-ring (bicyclic) bond motifs is 1. The molecule has 3 rings (SSSR count). The molecule has 1 aliphatic rings. The van der Waals surface area contributed by atoms with Gasteiger partial charge in [0, 0.05) is 24.7 Å². The number of hydrogen-bond acceptors (Lipinski definition) is 4. The highest BCUT2D eigenvalue weighted by molar-refractivity contribution is 7.89. The molecule has 6 heteroatoms. The first-order chi connectivity index (χ1) is 9.56. The van der Waals surface area contributed by atoms with E-state index in [0.717, 1.165) is 6.42 Å². The number of nitrogens with two attached hydrogens (primary N) is 1. The summed E-state index contributed by atoms with van der Waals surface area (Å²) in [6.45, 7) is 0.404. The first-order valence-corrected chi connectivity index (χ1v) is 7.83. The van der Waals surface area contributed by atoms with E-state index in [0.29, 0.717) is 6.54 Å². The van der Waals surface area contributed by atoms with Crippen LogP contribution in [0.15, 0.2) is 47.5 Å². The van der Waals surface area contributed by atoms with Crippen LogP contribution >= 0.6 is 0 Å². The standard InChI is InChI=1S/C14H15N3O2S/c15-14-8-12(5-6-16-14)20(18,19)17-9-11-7-10-3-1-2-4-13(10)11/h1-6,8,11,17H,7,9H2,(H2,15,16). The molecule has 1 unspecified atom stereocenters. The summed E-state index contributed by atoms with van der Waals surface area (Å²) in [5.74, 6) is 0.446. The minimum absolute atomic E-state index is 0.151. The van der Waals surface area contributed by atoms with Gasteiger partial charge < -0.3 is 5.73 Å². The summed E-state index contributed by atoms with van der Waals surface area (Å²) in [4.78, 5) is 3.94. The summed E-state index contributed by atoms with van der Waals surface area (Å²) in [7, 11) is -3.53. The lowest BCUT2D eigenvalue weighted by molar-refractivity contribution is 0.552. The van der Waals surface area contributed by atoms with Crippen LogP contribution in [0.25, 0.3) is 0 Å². The van der Waals surface area contributed by atoms with E-state index in [9.17, 15) is 8.42 Å². The molecule has 0 bridgehead atoms. The predicted molar refractivity (Wildman–Crippen MR) is 76.7 cm³/mol. The van der Waals surface area contributed by atoms with E-state index >= 15 is 0 Å². The van der Waals surface area contributed by atoms with Crippen LogP contribution in [0.2, 0.25) is 0 Å². The van der Waals surface area contributed by atoms with Gasteiger partial charge in [0.05, 0.1) is 4.90 Å². The molecule has 0 saturated carbocycles. The number of benzene rings is 1. The third-order valence-electron chi connectivity index (χ3n) is 3.54. The van der Waals surface area contributed by atoms with Crippen LogP contribution in [0.4, 0.5) is 5.82 Å². The quantitative estimate of drug-likeness (QED) is 0.888. The third-order valence-corrected chi connectivity index (χ3v) is 4.97. The SMILES string of the molecule is Nc1cc(S(=O)(=O)NCC2Cc3ccccc32)ccn1. The number of aromatic nitrogens is 1. The van der Waals surface area contributed by atoms with Crippen molar-refractivity contribution in [3.8, 4) is 0 Å². The van der Waals surface area contributed by atoms with E-state index in [-0.39, 0.29) is 16.6 Å². The molecule has 1 aliphatic carbocycles. The van der Waals surface area contributed by atoms with Crippen LogP contribution in [0.3, 0.4) is 0 Å². The molecular weight excluding hydrogens is 274 g/mol. The van der Waals surface area contributed by atoms with Crippen LogP contribution < -0.4 is 10.5 Å². The summed E-state index contributed by atoms with van der Waals surface area (Å²) in [5, 5.41) is 0. The minimum atomic E-state index is -3.53. The van der Waals surface area contributed by atoms with E-state index in [1.165, 1.54) is 29.5 Å². The molecule has 20 heavy (non-hydrogen) atoms. The van der Waals surface area contributed by atoms with Gasteiger partial charge in [-0.3, -0.25) is 0 Å². The molecule has 3 N–H and O–H groups in total. The van der Waals surface area contributed by atoms with Crippen molar-refractivity contribution in [2.45, 2.75) is 17.2 Å². The average Bonchev–Trinajstić information content (AvgIpc) is 2.40. The lowest BCUT2D eigenvalue weighted by Crippen LogP contribution is -2.33. The monoisotopic (exact) mass is 289 g/mol. The van der Waals surface area contributed by atoms with E-state index in [4.69, 9.17) is 5.73 Å². The van der Waals surface area contributed by atoms with Crippen LogP contribution in [0.5, 0.6) is 0 Å². The highest BCUT2D eigenvalue weighted by Crippen LogP contribution is 2.34. The summed E-state index contributed by atoms with van der Waals surface area (Å²) in [6, 6.07) is 10.9.